The molecule has 2 rings (SSSR count). The van der Waals surface area contributed by atoms with Gasteiger partial charge in [0.15, 0.2) is 0 Å². The second-order valence-corrected chi connectivity index (χ2v) is 6.39. The molecule has 130 valence electrons. The molecule has 5 nitrogen and oxygen atoms in total. The van der Waals surface area contributed by atoms with Gasteiger partial charge >= 0.3 is 6.09 Å². The Bertz CT molecular complexity index is 371. The summed E-state index contributed by atoms with van der Waals surface area (Å²) < 4.78 is 0. The first-order valence-electron chi connectivity index (χ1n) is 8.63. The molecule has 1 saturated carbocycles. The number of amidine groups is 1. The molecule has 0 aromatic rings. The summed E-state index contributed by atoms with van der Waals surface area (Å²) in [6, 6.07) is -0.00333. The van der Waals surface area contributed by atoms with Crippen molar-refractivity contribution in [3.8, 4) is 0 Å². The highest BCUT2D eigenvalue weighted by atomic mass is 16.4. The maximum absolute atomic E-state index is 10.6. The summed E-state index contributed by atoms with van der Waals surface area (Å²) in [4.78, 5) is 16.3. The Morgan fingerprint density at radius 2 is 1.91 bits per heavy atom. The van der Waals surface area contributed by atoms with Gasteiger partial charge in [0, 0.05) is 6.54 Å². The quantitative estimate of drug-likeness (QED) is 0.567. The molecule has 1 heterocycles. The van der Waals surface area contributed by atoms with Crippen LogP contribution in [0.5, 0.6) is 0 Å². The molecule has 5 heteroatoms. The fourth-order valence-electron chi connectivity index (χ4n) is 3.75. The van der Waals surface area contributed by atoms with Crippen LogP contribution in [0.3, 0.4) is 0 Å². The summed E-state index contributed by atoms with van der Waals surface area (Å²) in [6.45, 7) is 11.5. The number of carbonyl (C=O) groups is 1. The predicted molar refractivity (Wildman–Crippen MR) is 93.4 cm³/mol. The molecule has 0 spiro atoms. The second-order valence-electron chi connectivity index (χ2n) is 6.39. The molecule has 0 radical (unpaired) electrons. The molecule has 0 aromatic heterocycles. The van der Waals surface area contributed by atoms with E-state index in [0.717, 1.165) is 13.0 Å². The molecule has 0 aromatic carbocycles. The van der Waals surface area contributed by atoms with Gasteiger partial charge in [-0.05, 0) is 31.2 Å². The van der Waals surface area contributed by atoms with Gasteiger partial charge in [-0.1, -0.05) is 53.9 Å². The minimum Gasteiger partial charge on any atom is -0.463 e. The molecule has 1 aliphatic heterocycles. The first-order valence-corrected chi connectivity index (χ1v) is 8.63. The number of nitrogens with two attached hydrogens (primary N) is 1. The van der Waals surface area contributed by atoms with Gasteiger partial charge in [0.1, 0.15) is 5.84 Å². The van der Waals surface area contributed by atoms with Gasteiger partial charge in [0.25, 0.3) is 0 Å². The lowest BCUT2D eigenvalue weighted by Gasteiger charge is -2.37. The highest BCUT2D eigenvalue weighted by Gasteiger charge is 2.50. The molecule has 3 N–H and O–H groups in total. The third-order valence-electron chi connectivity index (χ3n) is 4.40. The fraction of sp³-hybridized carbons (Fsp3) is 0.882. The number of aliphatic imine (C=N–C) groups is 1. The van der Waals surface area contributed by atoms with E-state index in [4.69, 9.17) is 10.8 Å². The number of likely N-dealkylation sites (N-methyl/N-ethyl adjacent to an activating group) is 1. The Morgan fingerprint density at radius 1 is 1.36 bits per heavy atom. The fourth-order valence-corrected chi connectivity index (χ4v) is 3.75. The molecule has 3 atom stereocenters. The van der Waals surface area contributed by atoms with Gasteiger partial charge in [-0.25, -0.2) is 4.79 Å². The van der Waals surface area contributed by atoms with Gasteiger partial charge in [-0.15, -0.1) is 0 Å². The molecule has 1 saturated heterocycles. The average molecular weight is 313 g/mol. The maximum Gasteiger partial charge on any atom is 0.432 e. The highest BCUT2D eigenvalue weighted by molar-refractivity contribution is 5.94. The number of carboxylic acid groups (broad SMARTS) is 1. The summed E-state index contributed by atoms with van der Waals surface area (Å²) in [5.41, 5.74) is 6.14. The number of hydrogen-bond donors (Lipinski definition) is 2. The van der Waals surface area contributed by atoms with E-state index in [0.29, 0.717) is 5.92 Å². The Morgan fingerprint density at radius 3 is 2.41 bits per heavy atom. The Labute approximate surface area is 136 Å². The number of nitrogens with zero attached hydrogens (tertiary/aromatic N) is 2. The van der Waals surface area contributed by atoms with Gasteiger partial charge < -0.3 is 10.8 Å². The minimum atomic E-state index is -1.19. The van der Waals surface area contributed by atoms with Crippen LogP contribution in [-0.4, -0.2) is 41.6 Å². The van der Waals surface area contributed by atoms with E-state index in [1.165, 1.54) is 25.7 Å². The smallest absolute Gasteiger partial charge is 0.432 e. The summed E-state index contributed by atoms with van der Waals surface area (Å²) in [7, 11) is 2.01. The normalized spacial score (nSPS) is 31.3. The van der Waals surface area contributed by atoms with Crippen molar-refractivity contribution < 1.29 is 9.90 Å². The van der Waals surface area contributed by atoms with Crippen molar-refractivity contribution in [1.29, 1.82) is 0 Å². The van der Waals surface area contributed by atoms with Crippen LogP contribution >= 0.6 is 0 Å². The molecule has 0 unspecified atom stereocenters. The van der Waals surface area contributed by atoms with Crippen molar-refractivity contribution >= 4 is 11.9 Å². The van der Waals surface area contributed by atoms with Gasteiger partial charge in [0.2, 0.25) is 0 Å². The SMILES string of the molecule is CC.CCC.CN1C[C@]2(C)CCCC[C@@H]2[C@@H]1/C(N)=N/C(=O)O. The number of fused-ring (bicyclic) bond motifs is 1. The number of likely N-dealkylation sites (tertiary alicyclic amines) is 1. The molecular weight excluding hydrogens is 278 g/mol. The third-order valence-corrected chi connectivity index (χ3v) is 4.40. The van der Waals surface area contributed by atoms with Crippen molar-refractivity contribution in [1.82, 2.24) is 4.90 Å². The van der Waals surface area contributed by atoms with Crippen molar-refractivity contribution in [2.75, 3.05) is 13.6 Å². The van der Waals surface area contributed by atoms with E-state index < -0.39 is 6.09 Å². The van der Waals surface area contributed by atoms with Crippen LogP contribution in [0.4, 0.5) is 4.79 Å². The lowest BCUT2D eigenvalue weighted by atomic mass is 9.67. The molecule has 22 heavy (non-hydrogen) atoms. The van der Waals surface area contributed by atoms with Crippen LogP contribution in [0.2, 0.25) is 0 Å². The molecule has 0 bridgehead atoms. The Kier molecular flexibility index (Phi) is 9.33. The monoisotopic (exact) mass is 313 g/mol. The Balaban J connectivity index is 0.000000789. The van der Waals surface area contributed by atoms with E-state index in [9.17, 15) is 4.79 Å². The zero-order chi connectivity index (χ0) is 17.3. The average Bonchev–Trinajstić information content (AvgIpc) is 2.71. The molecule has 2 fully saturated rings. The first kappa shape index (κ1) is 20.9. The van der Waals surface area contributed by atoms with Gasteiger partial charge in [0.05, 0.1) is 6.04 Å². The minimum absolute atomic E-state index is 0.00333. The van der Waals surface area contributed by atoms with Crippen LogP contribution in [0.25, 0.3) is 0 Å². The van der Waals surface area contributed by atoms with E-state index in [2.05, 4.69) is 30.7 Å². The van der Waals surface area contributed by atoms with Crippen molar-refractivity contribution in [3.63, 3.8) is 0 Å². The maximum atomic E-state index is 10.6. The van der Waals surface area contributed by atoms with Crippen molar-refractivity contribution in [3.05, 3.63) is 0 Å². The lowest BCUT2D eigenvalue weighted by molar-refractivity contribution is 0.165. The van der Waals surface area contributed by atoms with Gasteiger partial charge in [-0.3, -0.25) is 4.90 Å². The van der Waals surface area contributed by atoms with Crippen LogP contribution < -0.4 is 5.73 Å². The summed E-state index contributed by atoms with van der Waals surface area (Å²) in [6.07, 6.45) is 4.87. The summed E-state index contributed by atoms with van der Waals surface area (Å²) in [5.74, 6) is 0.708. The predicted octanol–water partition coefficient (Wildman–Crippen LogP) is 3.97. The third kappa shape index (κ3) is 5.27. The summed E-state index contributed by atoms with van der Waals surface area (Å²) in [5, 5.41) is 8.70. The first-order chi connectivity index (χ1) is 10.4. The topological polar surface area (TPSA) is 78.9 Å². The van der Waals surface area contributed by atoms with Crippen LogP contribution in [-0.2, 0) is 0 Å². The van der Waals surface area contributed by atoms with E-state index in [1.54, 1.807) is 0 Å². The van der Waals surface area contributed by atoms with Gasteiger partial charge in [-0.2, -0.15) is 4.99 Å². The molecule has 2 aliphatic rings. The van der Waals surface area contributed by atoms with Crippen LogP contribution in [0.15, 0.2) is 4.99 Å². The second kappa shape index (κ2) is 9.82. The molecular formula is C17H35N3O2. The Hall–Kier alpha value is -1.10. The largest absolute Gasteiger partial charge is 0.463 e. The standard InChI is InChI=1S/C12H21N3O2.C3H8.C2H6/c1-12-6-4-3-5-8(12)9(15(2)7-12)10(13)14-11(16)17;1-3-2;1-2/h8-9H,3-7H2,1-2H3,(H2,13,14)(H,16,17);3H2,1-2H3;1-2H3/t8-,9-,12+;;/m1../s1. The van der Waals surface area contributed by atoms with Crippen molar-refractivity contribution in [2.24, 2.45) is 22.1 Å². The number of hydrogen-bond acceptors (Lipinski definition) is 2. The zero-order valence-electron chi connectivity index (χ0n) is 15.2. The lowest BCUT2D eigenvalue weighted by Crippen LogP contribution is -2.43. The van der Waals surface area contributed by atoms with Crippen molar-refractivity contribution in [2.45, 2.75) is 72.8 Å². The molecule has 1 aliphatic carbocycles. The summed E-state index contributed by atoms with van der Waals surface area (Å²) >= 11 is 0. The van der Waals surface area contributed by atoms with E-state index >= 15 is 0 Å². The van der Waals surface area contributed by atoms with Crippen LogP contribution in [0.1, 0.15) is 66.7 Å². The van der Waals surface area contributed by atoms with E-state index in [-0.39, 0.29) is 17.3 Å². The zero-order valence-corrected chi connectivity index (χ0v) is 15.2. The highest BCUT2D eigenvalue weighted by Crippen LogP contribution is 2.49. The number of amides is 1. The van der Waals surface area contributed by atoms with E-state index in [1.807, 2.05) is 20.9 Å². The number of rotatable bonds is 1. The van der Waals surface area contributed by atoms with Crippen LogP contribution in [0, 0.1) is 11.3 Å². The molecule has 1 amide bonds.